The van der Waals surface area contributed by atoms with E-state index in [0.29, 0.717) is 17.2 Å². The molecule has 2 rings (SSSR count). The highest BCUT2D eigenvalue weighted by Gasteiger charge is 2.17. The number of hydrogen-bond donors (Lipinski definition) is 1. The molecule has 2 aromatic rings. The van der Waals surface area contributed by atoms with Crippen molar-refractivity contribution in [2.45, 2.75) is 32.1 Å². The van der Waals surface area contributed by atoms with Crippen LogP contribution in [-0.4, -0.2) is 14.2 Å². The normalized spacial score (nSPS) is 11.5. The molecule has 0 unspecified atom stereocenters. The van der Waals surface area contributed by atoms with Gasteiger partial charge in [-0.05, 0) is 49.1 Å². The Morgan fingerprint density at radius 2 is 1.65 bits per heavy atom. The third kappa shape index (κ3) is 4.42. The second-order valence-corrected chi connectivity index (χ2v) is 7.63. The van der Waals surface area contributed by atoms with Crippen LogP contribution in [0.4, 0.5) is 5.69 Å². The molecule has 0 radical (unpaired) electrons. The highest BCUT2D eigenvalue weighted by molar-refractivity contribution is 7.92. The zero-order chi connectivity index (χ0) is 17.0. The molecule has 4 nitrogen and oxygen atoms in total. The molecule has 2 aromatic carbocycles. The number of Topliss-reactive ketones (excluding diaryl/α,β-unsaturated/α-hetero) is 1. The van der Waals surface area contributed by atoms with Crippen LogP contribution in [0.1, 0.15) is 36.7 Å². The highest BCUT2D eigenvalue weighted by Crippen LogP contribution is 2.21. The first-order chi connectivity index (χ1) is 10.8. The Balaban J connectivity index is 2.27. The van der Waals surface area contributed by atoms with Crippen LogP contribution >= 0.6 is 0 Å². The molecule has 0 fully saturated rings. The number of carbonyl (C=O) groups excluding carboxylic acids is 1. The molecule has 0 atom stereocenters. The van der Waals surface area contributed by atoms with Gasteiger partial charge in [0.15, 0.2) is 5.78 Å². The fraction of sp³-hybridized carbons (Fsp3) is 0.278. The molecule has 0 aliphatic carbocycles. The predicted octanol–water partition coefficient (Wildman–Crippen LogP) is 3.89. The lowest BCUT2D eigenvalue weighted by molar-refractivity contribution is 0.101. The van der Waals surface area contributed by atoms with Gasteiger partial charge in [-0.2, -0.15) is 0 Å². The molecule has 0 aromatic heterocycles. The standard InChI is InChI=1S/C18H21NO3S/c1-13(2)12-15-8-10-16(11-9-15)23(21,22)19-18-7-5-4-6-17(18)14(3)20/h4-11,13,19H,12H2,1-3H3. The molecule has 0 heterocycles. The van der Waals surface area contributed by atoms with E-state index in [4.69, 9.17) is 0 Å². The minimum absolute atomic E-state index is 0.184. The number of rotatable bonds is 6. The maximum Gasteiger partial charge on any atom is 0.261 e. The number of sulfonamides is 1. The topological polar surface area (TPSA) is 63.2 Å². The van der Waals surface area contributed by atoms with E-state index in [2.05, 4.69) is 18.6 Å². The first kappa shape index (κ1) is 17.2. The maximum atomic E-state index is 12.5. The number of ketones is 1. The minimum Gasteiger partial charge on any atom is -0.294 e. The largest absolute Gasteiger partial charge is 0.294 e. The van der Waals surface area contributed by atoms with E-state index >= 15 is 0 Å². The number of anilines is 1. The van der Waals surface area contributed by atoms with Crippen LogP contribution in [0.5, 0.6) is 0 Å². The average molecular weight is 331 g/mol. The third-order valence-corrected chi connectivity index (χ3v) is 4.81. The van der Waals surface area contributed by atoms with E-state index in [1.807, 2.05) is 12.1 Å². The summed E-state index contributed by atoms with van der Waals surface area (Å²) < 4.78 is 27.5. The summed E-state index contributed by atoms with van der Waals surface area (Å²) in [6.07, 6.45) is 0.904. The van der Waals surface area contributed by atoms with Crippen molar-refractivity contribution < 1.29 is 13.2 Å². The van der Waals surface area contributed by atoms with Gasteiger partial charge in [0.25, 0.3) is 10.0 Å². The van der Waals surface area contributed by atoms with Crippen molar-refractivity contribution in [3.63, 3.8) is 0 Å². The first-order valence-electron chi connectivity index (χ1n) is 7.51. The van der Waals surface area contributed by atoms with Gasteiger partial charge in [0.1, 0.15) is 0 Å². The number of carbonyl (C=O) groups is 1. The van der Waals surface area contributed by atoms with Gasteiger partial charge in [0.05, 0.1) is 10.6 Å². The smallest absolute Gasteiger partial charge is 0.261 e. The van der Waals surface area contributed by atoms with E-state index in [1.54, 1.807) is 36.4 Å². The molecule has 0 bridgehead atoms. The third-order valence-electron chi connectivity index (χ3n) is 3.43. The molecule has 0 saturated carbocycles. The van der Waals surface area contributed by atoms with Crippen molar-refractivity contribution in [2.75, 3.05) is 4.72 Å². The highest BCUT2D eigenvalue weighted by atomic mass is 32.2. The summed E-state index contributed by atoms with van der Waals surface area (Å²) in [6, 6.07) is 13.4. The maximum absolute atomic E-state index is 12.5. The average Bonchev–Trinajstić information content (AvgIpc) is 2.47. The summed E-state index contributed by atoms with van der Waals surface area (Å²) in [5.41, 5.74) is 1.75. The number of benzene rings is 2. The molecule has 1 N–H and O–H groups in total. The van der Waals surface area contributed by atoms with Crippen LogP contribution in [0, 0.1) is 5.92 Å². The molecule has 122 valence electrons. The summed E-state index contributed by atoms with van der Waals surface area (Å²) in [7, 11) is -3.72. The molecule has 0 aliphatic rings. The van der Waals surface area contributed by atoms with Crippen LogP contribution in [0.3, 0.4) is 0 Å². The Bertz CT molecular complexity index is 793. The molecular weight excluding hydrogens is 310 g/mol. The SMILES string of the molecule is CC(=O)c1ccccc1NS(=O)(=O)c1ccc(CC(C)C)cc1. The van der Waals surface area contributed by atoms with Crippen molar-refractivity contribution in [1.29, 1.82) is 0 Å². The number of nitrogens with one attached hydrogen (secondary N) is 1. The quantitative estimate of drug-likeness (QED) is 0.817. The summed E-state index contributed by atoms with van der Waals surface area (Å²) in [6.45, 7) is 5.64. The van der Waals surface area contributed by atoms with Gasteiger partial charge in [-0.3, -0.25) is 9.52 Å². The zero-order valence-electron chi connectivity index (χ0n) is 13.5. The van der Waals surface area contributed by atoms with Crippen LogP contribution in [0.25, 0.3) is 0 Å². The van der Waals surface area contributed by atoms with E-state index in [-0.39, 0.29) is 10.7 Å². The van der Waals surface area contributed by atoms with Crippen molar-refractivity contribution in [2.24, 2.45) is 5.92 Å². The minimum atomic E-state index is -3.72. The van der Waals surface area contributed by atoms with Gasteiger partial charge in [-0.15, -0.1) is 0 Å². The van der Waals surface area contributed by atoms with Crippen LogP contribution < -0.4 is 4.72 Å². The fourth-order valence-corrected chi connectivity index (χ4v) is 3.44. The van der Waals surface area contributed by atoms with E-state index in [0.717, 1.165) is 12.0 Å². The van der Waals surface area contributed by atoms with Crippen molar-refractivity contribution in [3.8, 4) is 0 Å². The molecular formula is C18H21NO3S. The van der Waals surface area contributed by atoms with Gasteiger partial charge in [-0.1, -0.05) is 38.1 Å². The molecule has 5 heteroatoms. The van der Waals surface area contributed by atoms with E-state index in [1.165, 1.54) is 6.92 Å². The van der Waals surface area contributed by atoms with Crippen molar-refractivity contribution >= 4 is 21.5 Å². The Hall–Kier alpha value is -2.14. The van der Waals surface area contributed by atoms with Gasteiger partial charge < -0.3 is 0 Å². The number of para-hydroxylation sites is 1. The lowest BCUT2D eigenvalue weighted by Gasteiger charge is -2.12. The Morgan fingerprint density at radius 1 is 1.04 bits per heavy atom. The molecule has 0 saturated heterocycles. The first-order valence-corrected chi connectivity index (χ1v) is 8.99. The monoisotopic (exact) mass is 331 g/mol. The van der Waals surface area contributed by atoms with Crippen molar-refractivity contribution in [3.05, 3.63) is 59.7 Å². The number of hydrogen-bond acceptors (Lipinski definition) is 3. The lowest BCUT2D eigenvalue weighted by atomic mass is 10.0. The predicted molar refractivity (Wildman–Crippen MR) is 92.2 cm³/mol. The van der Waals surface area contributed by atoms with Gasteiger partial charge in [0.2, 0.25) is 0 Å². The second-order valence-electron chi connectivity index (χ2n) is 5.95. The fourth-order valence-electron chi connectivity index (χ4n) is 2.36. The Labute approximate surface area is 137 Å². The molecule has 0 aliphatic heterocycles. The van der Waals surface area contributed by atoms with Crippen LogP contribution in [0.2, 0.25) is 0 Å². The lowest BCUT2D eigenvalue weighted by Crippen LogP contribution is -2.15. The van der Waals surface area contributed by atoms with E-state index < -0.39 is 10.0 Å². The Morgan fingerprint density at radius 3 is 2.22 bits per heavy atom. The van der Waals surface area contributed by atoms with Crippen molar-refractivity contribution in [1.82, 2.24) is 0 Å². The van der Waals surface area contributed by atoms with Crippen LogP contribution in [0.15, 0.2) is 53.4 Å². The van der Waals surface area contributed by atoms with Gasteiger partial charge >= 0.3 is 0 Å². The summed E-state index contributed by atoms with van der Waals surface area (Å²) in [5.74, 6) is 0.327. The van der Waals surface area contributed by atoms with Gasteiger partial charge in [0, 0.05) is 5.56 Å². The summed E-state index contributed by atoms with van der Waals surface area (Å²) >= 11 is 0. The second kappa shape index (κ2) is 6.96. The Kier molecular flexibility index (Phi) is 5.21. The molecule has 23 heavy (non-hydrogen) atoms. The molecule has 0 amide bonds. The molecule has 0 spiro atoms. The van der Waals surface area contributed by atoms with Gasteiger partial charge in [-0.25, -0.2) is 8.42 Å². The van der Waals surface area contributed by atoms with E-state index in [9.17, 15) is 13.2 Å². The summed E-state index contributed by atoms with van der Waals surface area (Å²) in [4.78, 5) is 11.8. The zero-order valence-corrected chi connectivity index (χ0v) is 14.4. The van der Waals surface area contributed by atoms with Crippen LogP contribution in [-0.2, 0) is 16.4 Å². The summed E-state index contributed by atoms with van der Waals surface area (Å²) in [5, 5.41) is 0.